The number of pyridine rings is 1. The maximum atomic E-state index is 4.94. The Morgan fingerprint density at radius 3 is 3.05 bits per heavy atom. The van der Waals surface area contributed by atoms with Gasteiger partial charge in [0.15, 0.2) is 5.82 Å². The van der Waals surface area contributed by atoms with Crippen molar-refractivity contribution in [2.75, 3.05) is 18.0 Å². The molecule has 112 valence electrons. The number of fused-ring (bicyclic) bond motifs is 3. The number of rotatable bonds is 5. The van der Waals surface area contributed by atoms with Gasteiger partial charge in [0.1, 0.15) is 5.65 Å². The average molecular weight is 284 g/mol. The Hall–Kier alpha value is -1.55. The Morgan fingerprint density at radius 1 is 1.33 bits per heavy atom. The van der Waals surface area contributed by atoms with Crippen LogP contribution in [0.5, 0.6) is 0 Å². The monoisotopic (exact) mass is 284 g/mol. The molecule has 0 spiro atoms. The number of nitrogens with one attached hydrogen (secondary N) is 1. The van der Waals surface area contributed by atoms with Gasteiger partial charge in [-0.3, -0.25) is 0 Å². The quantitative estimate of drug-likeness (QED) is 0.857. The van der Waals surface area contributed by atoms with Crippen molar-refractivity contribution in [3.8, 4) is 0 Å². The molecule has 2 aromatic rings. The van der Waals surface area contributed by atoms with Gasteiger partial charge in [0.25, 0.3) is 0 Å². The molecule has 2 bridgehead atoms. The van der Waals surface area contributed by atoms with Crippen molar-refractivity contribution in [3.05, 3.63) is 30.1 Å². The first-order chi connectivity index (χ1) is 10.4. The van der Waals surface area contributed by atoms with Crippen LogP contribution in [0.15, 0.2) is 24.4 Å². The van der Waals surface area contributed by atoms with Crippen LogP contribution in [-0.4, -0.2) is 28.5 Å². The second kappa shape index (κ2) is 5.34. The third-order valence-electron chi connectivity index (χ3n) is 5.01. The number of hydrogen-bond donors (Lipinski definition) is 1. The fourth-order valence-corrected chi connectivity index (χ4v) is 4.00. The molecule has 0 aromatic carbocycles. The summed E-state index contributed by atoms with van der Waals surface area (Å²) in [6.45, 7) is 5.38. The summed E-state index contributed by atoms with van der Waals surface area (Å²) < 4.78 is 2.25. The minimum absolute atomic E-state index is 0.727. The standard InChI is InChI=1S/C17H24N4/c1-2-8-18-11-15-17(19-16-5-3-4-9-20(15)16)21-12-13-6-7-14(21)10-13/h3-5,9,13-14,18H,2,6-8,10-12H2,1H3. The minimum Gasteiger partial charge on any atom is -0.352 e. The van der Waals surface area contributed by atoms with Gasteiger partial charge in [-0.2, -0.15) is 0 Å². The summed E-state index contributed by atoms with van der Waals surface area (Å²) in [5.41, 5.74) is 2.40. The van der Waals surface area contributed by atoms with Crippen LogP contribution in [0.3, 0.4) is 0 Å². The van der Waals surface area contributed by atoms with E-state index in [9.17, 15) is 0 Å². The van der Waals surface area contributed by atoms with E-state index in [2.05, 4.69) is 45.9 Å². The molecular formula is C17H24N4. The SMILES string of the molecule is CCCNCc1c(N2CC3CCC2C3)nc2ccccn12. The van der Waals surface area contributed by atoms with Crippen LogP contribution in [0, 0.1) is 5.92 Å². The highest BCUT2D eigenvalue weighted by molar-refractivity contribution is 5.57. The molecule has 1 aliphatic carbocycles. The van der Waals surface area contributed by atoms with Crippen molar-refractivity contribution in [1.82, 2.24) is 14.7 Å². The van der Waals surface area contributed by atoms with Crippen LogP contribution in [0.2, 0.25) is 0 Å². The molecule has 0 radical (unpaired) electrons. The first-order valence-corrected chi connectivity index (χ1v) is 8.30. The fourth-order valence-electron chi connectivity index (χ4n) is 4.00. The molecule has 1 saturated carbocycles. The highest BCUT2D eigenvalue weighted by Gasteiger charge is 2.39. The van der Waals surface area contributed by atoms with Gasteiger partial charge >= 0.3 is 0 Å². The molecule has 4 rings (SSSR count). The number of piperidine rings is 1. The van der Waals surface area contributed by atoms with E-state index in [0.717, 1.165) is 30.7 Å². The Morgan fingerprint density at radius 2 is 2.29 bits per heavy atom. The molecular weight excluding hydrogens is 260 g/mol. The summed E-state index contributed by atoms with van der Waals surface area (Å²) in [6, 6.07) is 7.01. The second-order valence-corrected chi connectivity index (χ2v) is 6.47. The highest BCUT2D eigenvalue weighted by Crippen LogP contribution is 2.41. The lowest BCUT2D eigenvalue weighted by Crippen LogP contribution is -2.33. The van der Waals surface area contributed by atoms with Crippen LogP contribution in [0.4, 0.5) is 5.82 Å². The molecule has 3 heterocycles. The zero-order valence-electron chi connectivity index (χ0n) is 12.8. The summed E-state index contributed by atoms with van der Waals surface area (Å²) >= 11 is 0. The number of aromatic nitrogens is 2. The lowest BCUT2D eigenvalue weighted by Gasteiger charge is -2.28. The minimum atomic E-state index is 0.727. The van der Waals surface area contributed by atoms with E-state index in [-0.39, 0.29) is 0 Å². The van der Waals surface area contributed by atoms with Crippen molar-refractivity contribution in [2.45, 2.75) is 45.2 Å². The molecule has 1 saturated heterocycles. The Kier molecular flexibility index (Phi) is 3.34. The average Bonchev–Trinajstić information content (AvgIpc) is 3.21. The van der Waals surface area contributed by atoms with Gasteiger partial charge in [-0.15, -0.1) is 0 Å². The predicted octanol–water partition coefficient (Wildman–Crippen LogP) is 2.82. The fraction of sp³-hybridized carbons (Fsp3) is 0.588. The van der Waals surface area contributed by atoms with Crippen molar-refractivity contribution in [1.29, 1.82) is 0 Å². The van der Waals surface area contributed by atoms with Crippen LogP contribution in [0.25, 0.3) is 5.65 Å². The zero-order valence-corrected chi connectivity index (χ0v) is 12.8. The molecule has 21 heavy (non-hydrogen) atoms. The van der Waals surface area contributed by atoms with E-state index in [1.807, 2.05) is 0 Å². The Bertz CT molecular complexity index is 633. The molecule has 1 aliphatic heterocycles. The molecule has 2 aliphatic rings. The first-order valence-electron chi connectivity index (χ1n) is 8.30. The van der Waals surface area contributed by atoms with Crippen LogP contribution in [-0.2, 0) is 6.54 Å². The van der Waals surface area contributed by atoms with Gasteiger partial charge in [-0.1, -0.05) is 13.0 Å². The van der Waals surface area contributed by atoms with Crippen LogP contribution >= 0.6 is 0 Å². The maximum absolute atomic E-state index is 4.94. The van der Waals surface area contributed by atoms with Crippen LogP contribution < -0.4 is 10.2 Å². The van der Waals surface area contributed by atoms with E-state index in [4.69, 9.17) is 4.98 Å². The molecule has 2 fully saturated rings. The third-order valence-corrected chi connectivity index (χ3v) is 5.01. The van der Waals surface area contributed by atoms with Crippen molar-refractivity contribution in [2.24, 2.45) is 5.92 Å². The molecule has 4 heteroatoms. The van der Waals surface area contributed by atoms with Crippen molar-refractivity contribution in [3.63, 3.8) is 0 Å². The van der Waals surface area contributed by atoms with Crippen molar-refractivity contribution < 1.29 is 0 Å². The topological polar surface area (TPSA) is 32.6 Å². The molecule has 4 nitrogen and oxygen atoms in total. The van der Waals surface area contributed by atoms with E-state index in [1.165, 1.54) is 43.7 Å². The zero-order chi connectivity index (χ0) is 14.2. The van der Waals surface area contributed by atoms with Gasteiger partial charge < -0.3 is 14.6 Å². The van der Waals surface area contributed by atoms with Crippen molar-refractivity contribution >= 4 is 11.5 Å². The van der Waals surface area contributed by atoms with Gasteiger partial charge in [0.05, 0.1) is 5.69 Å². The summed E-state index contributed by atoms with van der Waals surface area (Å²) in [5, 5.41) is 3.55. The Balaban J connectivity index is 1.71. The molecule has 2 aromatic heterocycles. The summed E-state index contributed by atoms with van der Waals surface area (Å²) in [4.78, 5) is 7.51. The maximum Gasteiger partial charge on any atom is 0.152 e. The number of anilines is 1. The molecule has 0 amide bonds. The molecule has 2 atom stereocenters. The smallest absolute Gasteiger partial charge is 0.152 e. The summed E-state index contributed by atoms with van der Waals surface area (Å²) in [6.07, 6.45) is 7.44. The van der Waals surface area contributed by atoms with E-state index < -0.39 is 0 Å². The van der Waals surface area contributed by atoms with E-state index in [0.29, 0.717) is 0 Å². The van der Waals surface area contributed by atoms with E-state index in [1.54, 1.807) is 0 Å². The van der Waals surface area contributed by atoms with Gasteiger partial charge in [-0.05, 0) is 50.3 Å². The largest absolute Gasteiger partial charge is 0.352 e. The lowest BCUT2D eigenvalue weighted by molar-refractivity contribution is 0.548. The van der Waals surface area contributed by atoms with E-state index >= 15 is 0 Å². The predicted molar refractivity (Wildman–Crippen MR) is 85.7 cm³/mol. The molecule has 1 N–H and O–H groups in total. The first kappa shape index (κ1) is 13.1. The number of nitrogens with zero attached hydrogens (tertiary/aromatic N) is 3. The molecule has 2 unspecified atom stereocenters. The van der Waals surface area contributed by atoms with Gasteiger partial charge in [0, 0.05) is 25.3 Å². The highest BCUT2D eigenvalue weighted by atomic mass is 15.3. The lowest BCUT2D eigenvalue weighted by atomic mass is 10.1. The van der Waals surface area contributed by atoms with Gasteiger partial charge in [0.2, 0.25) is 0 Å². The Labute approximate surface area is 126 Å². The third kappa shape index (κ3) is 2.22. The number of imidazole rings is 1. The summed E-state index contributed by atoms with van der Waals surface area (Å²) in [5.74, 6) is 2.12. The normalized spacial score (nSPS) is 24.3. The number of hydrogen-bond acceptors (Lipinski definition) is 3. The van der Waals surface area contributed by atoms with Crippen LogP contribution in [0.1, 0.15) is 38.3 Å². The van der Waals surface area contributed by atoms with Gasteiger partial charge in [-0.25, -0.2) is 4.98 Å². The second-order valence-electron chi connectivity index (χ2n) is 6.47. The summed E-state index contributed by atoms with van der Waals surface area (Å²) in [7, 11) is 0.